The summed E-state index contributed by atoms with van der Waals surface area (Å²) in [4.78, 5) is 23.6. The van der Waals surface area contributed by atoms with Gasteiger partial charge < -0.3 is 9.47 Å². The molecule has 0 aliphatic carbocycles. The van der Waals surface area contributed by atoms with Crippen LogP contribution in [0.25, 0.3) is 0 Å². The van der Waals surface area contributed by atoms with Crippen molar-refractivity contribution in [2.75, 3.05) is 6.61 Å². The van der Waals surface area contributed by atoms with Gasteiger partial charge in [-0.2, -0.15) is 0 Å². The Morgan fingerprint density at radius 1 is 0.852 bits per heavy atom. The highest BCUT2D eigenvalue weighted by Gasteiger charge is 2.17. The van der Waals surface area contributed by atoms with Gasteiger partial charge in [-0.25, -0.2) is 0 Å². The Morgan fingerprint density at radius 3 is 2.07 bits per heavy atom. The molecule has 0 aromatic carbocycles. The van der Waals surface area contributed by atoms with Crippen LogP contribution in [0, 0.1) is 11.3 Å². The lowest BCUT2D eigenvalue weighted by Crippen LogP contribution is -2.18. The van der Waals surface area contributed by atoms with E-state index in [1.54, 1.807) is 0 Å². The smallest absolute Gasteiger partial charge is 0.306 e. The number of ether oxygens (including phenoxy) is 2. The molecule has 0 spiro atoms. The first-order valence-electron chi connectivity index (χ1n) is 11.0. The van der Waals surface area contributed by atoms with E-state index in [9.17, 15) is 9.59 Å². The Balaban J connectivity index is 3.70. The molecule has 2 atom stereocenters. The van der Waals surface area contributed by atoms with Crippen molar-refractivity contribution in [3.8, 4) is 0 Å². The van der Waals surface area contributed by atoms with Crippen molar-refractivity contribution >= 4 is 11.9 Å². The van der Waals surface area contributed by atoms with E-state index < -0.39 is 0 Å². The molecular weight excluding hydrogens is 340 g/mol. The highest BCUT2D eigenvalue weighted by Crippen LogP contribution is 2.24. The van der Waals surface area contributed by atoms with Crippen LogP contribution < -0.4 is 0 Å². The summed E-state index contributed by atoms with van der Waals surface area (Å²) in [6, 6.07) is 0. The number of esters is 2. The van der Waals surface area contributed by atoms with Crippen molar-refractivity contribution in [2.24, 2.45) is 11.3 Å². The van der Waals surface area contributed by atoms with Crippen LogP contribution in [-0.2, 0) is 19.1 Å². The Morgan fingerprint density at radius 2 is 1.44 bits per heavy atom. The van der Waals surface area contributed by atoms with Gasteiger partial charge in [0.25, 0.3) is 0 Å². The molecule has 0 rings (SSSR count). The largest absolute Gasteiger partial charge is 0.465 e. The van der Waals surface area contributed by atoms with Crippen LogP contribution in [0.1, 0.15) is 112 Å². The molecule has 0 aliphatic rings. The first kappa shape index (κ1) is 25.9. The predicted octanol–water partition coefficient (Wildman–Crippen LogP) is 6.45. The molecule has 0 heterocycles. The van der Waals surface area contributed by atoms with Crippen molar-refractivity contribution in [3.63, 3.8) is 0 Å². The molecule has 4 nitrogen and oxygen atoms in total. The van der Waals surface area contributed by atoms with Crippen molar-refractivity contribution in [2.45, 2.75) is 118 Å². The van der Waals surface area contributed by atoms with E-state index in [1.807, 2.05) is 6.92 Å². The minimum atomic E-state index is -0.219. The second kappa shape index (κ2) is 14.9. The van der Waals surface area contributed by atoms with Crippen molar-refractivity contribution in [1.82, 2.24) is 0 Å². The molecule has 0 aromatic heterocycles. The van der Waals surface area contributed by atoms with E-state index >= 15 is 0 Å². The van der Waals surface area contributed by atoms with Gasteiger partial charge in [0.2, 0.25) is 0 Å². The van der Waals surface area contributed by atoms with Gasteiger partial charge in [0.15, 0.2) is 0 Å². The van der Waals surface area contributed by atoms with Gasteiger partial charge >= 0.3 is 11.9 Å². The molecule has 0 N–H and O–H groups in total. The van der Waals surface area contributed by atoms with Crippen LogP contribution >= 0.6 is 0 Å². The van der Waals surface area contributed by atoms with Gasteiger partial charge in [0.1, 0.15) is 0 Å². The molecule has 0 fully saturated rings. The molecule has 0 aromatic rings. The second-order valence-electron chi connectivity index (χ2n) is 9.26. The third kappa shape index (κ3) is 18.1. The zero-order valence-corrected chi connectivity index (χ0v) is 18.8. The Labute approximate surface area is 167 Å². The number of carbonyl (C=O) groups excluding carboxylic acids is 2. The first-order chi connectivity index (χ1) is 12.6. The highest BCUT2D eigenvalue weighted by atomic mass is 16.5. The number of hydrogen-bond acceptors (Lipinski definition) is 4. The van der Waals surface area contributed by atoms with Gasteiger partial charge in [0.05, 0.1) is 12.7 Å². The standard InChI is InChI=1S/C23H44O4/c1-7-8-9-10-11-12-14-20(3)27-22(25)16-13-15-21(24)26-18-19(2)17-23(4,5)6/h19-20H,7-18H2,1-6H3. The number of unbranched alkanes of at least 4 members (excludes halogenated alkanes) is 5. The summed E-state index contributed by atoms with van der Waals surface area (Å²) < 4.78 is 10.7. The van der Waals surface area contributed by atoms with E-state index in [4.69, 9.17) is 9.47 Å². The average molecular weight is 385 g/mol. The summed E-state index contributed by atoms with van der Waals surface area (Å²) in [5.41, 5.74) is 0.238. The SMILES string of the molecule is CCCCCCCCC(C)OC(=O)CCCC(=O)OCC(C)CC(C)(C)C. The van der Waals surface area contributed by atoms with E-state index in [1.165, 1.54) is 32.1 Å². The van der Waals surface area contributed by atoms with E-state index in [2.05, 4.69) is 34.6 Å². The van der Waals surface area contributed by atoms with Gasteiger partial charge in [-0.15, -0.1) is 0 Å². The van der Waals surface area contributed by atoms with Crippen LogP contribution in [0.2, 0.25) is 0 Å². The number of hydrogen-bond donors (Lipinski definition) is 0. The van der Waals surface area contributed by atoms with Crippen molar-refractivity contribution in [3.05, 3.63) is 0 Å². The monoisotopic (exact) mass is 384 g/mol. The molecule has 2 unspecified atom stereocenters. The molecule has 0 saturated heterocycles. The van der Waals surface area contributed by atoms with E-state index in [0.29, 0.717) is 18.9 Å². The van der Waals surface area contributed by atoms with Gasteiger partial charge in [0, 0.05) is 12.8 Å². The van der Waals surface area contributed by atoms with Crippen LogP contribution in [0.5, 0.6) is 0 Å². The second-order valence-corrected chi connectivity index (χ2v) is 9.26. The lowest BCUT2D eigenvalue weighted by atomic mass is 9.86. The number of rotatable bonds is 15. The fraction of sp³-hybridized carbons (Fsp3) is 0.913. The topological polar surface area (TPSA) is 52.6 Å². The maximum absolute atomic E-state index is 11.9. The first-order valence-corrected chi connectivity index (χ1v) is 11.0. The van der Waals surface area contributed by atoms with Crippen molar-refractivity contribution < 1.29 is 19.1 Å². The van der Waals surface area contributed by atoms with Crippen LogP contribution in [0.3, 0.4) is 0 Å². The zero-order valence-electron chi connectivity index (χ0n) is 18.8. The number of carbonyl (C=O) groups is 2. The minimum Gasteiger partial charge on any atom is -0.465 e. The Kier molecular flexibility index (Phi) is 14.3. The summed E-state index contributed by atoms with van der Waals surface area (Å²) in [5, 5.41) is 0. The maximum Gasteiger partial charge on any atom is 0.306 e. The van der Waals surface area contributed by atoms with Crippen LogP contribution in [0.4, 0.5) is 0 Å². The summed E-state index contributed by atoms with van der Waals surface area (Å²) in [5.74, 6) is -0.0761. The van der Waals surface area contributed by atoms with E-state index in [0.717, 1.165) is 19.3 Å². The third-order valence-electron chi connectivity index (χ3n) is 4.55. The molecule has 0 saturated carbocycles. The molecule has 0 radical (unpaired) electrons. The summed E-state index contributed by atoms with van der Waals surface area (Å²) in [6.45, 7) is 13.3. The van der Waals surface area contributed by atoms with Gasteiger partial charge in [-0.3, -0.25) is 9.59 Å². The molecule has 160 valence electrons. The Hall–Kier alpha value is -1.06. The van der Waals surface area contributed by atoms with Crippen LogP contribution in [-0.4, -0.2) is 24.6 Å². The minimum absolute atomic E-state index is 0.0334. The fourth-order valence-corrected chi connectivity index (χ4v) is 3.34. The third-order valence-corrected chi connectivity index (χ3v) is 4.55. The van der Waals surface area contributed by atoms with E-state index in [-0.39, 0.29) is 36.3 Å². The predicted molar refractivity (Wildman–Crippen MR) is 112 cm³/mol. The molecule has 0 bridgehead atoms. The van der Waals surface area contributed by atoms with Gasteiger partial charge in [-0.05, 0) is 43.9 Å². The molecule has 0 aliphatic heterocycles. The molecular formula is C23H44O4. The van der Waals surface area contributed by atoms with Gasteiger partial charge in [-0.1, -0.05) is 66.7 Å². The lowest BCUT2D eigenvalue weighted by molar-refractivity contribution is -0.149. The lowest BCUT2D eigenvalue weighted by Gasteiger charge is -2.22. The zero-order chi connectivity index (χ0) is 20.7. The summed E-state index contributed by atoms with van der Waals surface area (Å²) in [6.07, 6.45) is 10.4. The summed E-state index contributed by atoms with van der Waals surface area (Å²) >= 11 is 0. The molecule has 27 heavy (non-hydrogen) atoms. The maximum atomic E-state index is 11.9. The Bertz CT molecular complexity index is 398. The quantitative estimate of drug-likeness (QED) is 0.240. The molecule has 4 heteroatoms. The highest BCUT2D eigenvalue weighted by molar-refractivity contribution is 5.72. The average Bonchev–Trinajstić information content (AvgIpc) is 2.54. The van der Waals surface area contributed by atoms with Crippen molar-refractivity contribution in [1.29, 1.82) is 0 Å². The fourth-order valence-electron chi connectivity index (χ4n) is 3.34. The molecule has 0 amide bonds. The van der Waals surface area contributed by atoms with Crippen LogP contribution in [0.15, 0.2) is 0 Å². The summed E-state index contributed by atoms with van der Waals surface area (Å²) in [7, 11) is 0. The normalized spacial score (nSPS) is 13.9.